The van der Waals surface area contributed by atoms with Gasteiger partial charge in [-0.15, -0.1) is 0 Å². The fourth-order valence-electron chi connectivity index (χ4n) is 1.93. The van der Waals surface area contributed by atoms with E-state index in [9.17, 15) is 5.11 Å². The molecule has 0 saturated carbocycles. The first-order chi connectivity index (χ1) is 8.81. The first-order valence-corrected chi connectivity index (χ1v) is 6.02. The summed E-state index contributed by atoms with van der Waals surface area (Å²) >= 11 is 0. The van der Waals surface area contributed by atoms with Gasteiger partial charge >= 0.3 is 0 Å². The van der Waals surface area contributed by atoms with Crippen molar-refractivity contribution in [3.63, 3.8) is 0 Å². The van der Waals surface area contributed by atoms with Crippen LogP contribution in [0.2, 0.25) is 0 Å². The Morgan fingerprint density at radius 1 is 1.17 bits per heavy atom. The Bertz CT molecular complexity index is 485. The quantitative estimate of drug-likeness (QED) is 0.878. The summed E-state index contributed by atoms with van der Waals surface area (Å²) in [4.78, 5) is 4.09. The van der Waals surface area contributed by atoms with Crippen LogP contribution in [0, 0.1) is 0 Å². The third-order valence-corrected chi connectivity index (χ3v) is 2.90. The first-order valence-electron chi connectivity index (χ1n) is 6.02. The van der Waals surface area contributed by atoms with Crippen molar-refractivity contribution < 1.29 is 9.84 Å². The maximum atomic E-state index is 10.2. The molecule has 3 nitrogen and oxygen atoms in total. The van der Waals surface area contributed by atoms with Crippen LogP contribution >= 0.6 is 0 Å². The van der Waals surface area contributed by atoms with E-state index in [1.54, 1.807) is 13.3 Å². The van der Waals surface area contributed by atoms with E-state index in [4.69, 9.17) is 4.74 Å². The summed E-state index contributed by atoms with van der Waals surface area (Å²) in [6, 6.07) is 13.8. The number of aliphatic hydroxyl groups is 1. The molecule has 2 rings (SSSR count). The number of pyridine rings is 1. The predicted octanol–water partition coefficient (Wildman–Crippen LogP) is 2.76. The minimum Gasteiger partial charge on any atom is -0.481 e. The number of methoxy groups -OCH3 is 1. The van der Waals surface area contributed by atoms with Crippen LogP contribution in [0.1, 0.15) is 23.7 Å². The van der Waals surface area contributed by atoms with E-state index in [0.29, 0.717) is 12.3 Å². The molecule has 3 heteroatoms. The molecule has 1 atom stereocenters. The van der Waals surface area contributed by atoms with Gasteiger partial charge in [0.15, 0.2) is 0 Å². The molecular formula is C15H17NO2. The standard InChI is InChI=1S/C15H17NO2/c1-18-15-13(8-5-11-16-15)14(17)10-9-12-6-3-2-4-7-12/h2-8,11,14,17H,9-10H2,1H3. The fraction of sp³-hybridized carbons (Fsp3) is 0.267. The smallest absolute Gasteiger partial charge is 0.218 e. The van der Waals surface area contributed by atoms with Gasteiger partial charge in [-0.25, -0.2) is 4.98 Å². The number of nitrogens with zero attached hydrogens (tertiary/aromatic N) is 1. The molecule has 0 aliphatic heterocycles. The highest BCUT2D eigenvalue weighted by atomic mass is 16.5. The molecule has 2 aromatic rings. The average Bonchev–Trinajstić information content (AvgIpc) is 2.45. The molecule has 0 fully saturated rings. The summed E-state index contributed by atoms with van der Waals surface area (Å²) in [5.74, 6) is 0.498. The number of rotatable bonds is 5. The minimum absolute atomic E-state index is 0.498. The topological polar surface area (TPSA) is 42.4 Å². The monoisotopic (exact) mass is 243 g/mol. The largest absolute Gasteiger partial charge is 0.481 e. The molecular weight excluding hydrogens is 226 g/mol. The van der Waals surface area contributed by atoms with E-state index >= 15 is 0 Å². The van der Waals surface area contributed by atoms with Crippen molar-refractivity contribution in [3.8, 4) is 5.88 Å². The summed E-state index contributed by atoms with van der Waals surface area (Å²) in [6.07, 6.45) is 2.60. The molecule has 0 radical (unpaired) electrons. The molecule has 0 bridgehead atoms. The maximum Gasteiger partial charge on any atom is 0.218 e. The molecule has 94 valence electrons. The van der Waals surface area contributed by atoms with Gasteiger partial charge in [-0.3, -0.25) is 0 Å². The lowest BCUT2D eigenvalue weighted by Gasteiger charge is -2.13. The number of aromatic nitrogens is 1. The number of aliphatic hydroxyl groups excluding tert-OH is 1. The van der Waals surface area contributed by atoms with Crippen LogP contribution in [-0.4, -0.2) is 17.2 Å². The lowest BCUT2D eigenvalue weighted by molar-refractivity contribution is 0.162. The van der Waals surface area contributed by atoms with Crippen LogP contribution < -0.4 is 4.74 Å². The molecule has 0 saturated heterocycles. The van der Waals surface area contributed by atoms with E-state index in [2.05, 4.69) is 17.1 Å². The van der Waals surface area contributed by atoms with Crippen LogP contribution in [0.25, 0.3) is 0 Å². The van der Waals surface area contributed by atoms with Gasteiger partial charge in [0.1, 0.15) is 0 Å². The minimum atomic E-state index is -0.547. The number of hydrogen-bond acceptors (Lipinski definition) is 3. The molecule has 0 aliphatic carbocycles. The van der Waals surface area contributed by atoms with Gasteiger partial charge < -0.3 is 9.84 Å². The lowest BCUT2D eigenvalue weighted by Crippen LogP contribution is -2.03. The van der Waals surface area contributed by atoms with Crippen molar-refractivity contribution >= 4 is 0 Å². The highest BCUT2D eigenvalue weighted by Gasteiger charge is 2.13. The number of hydrogen-bond donors (Lipinski definition) is 1. The van der Waals surface area contributed by atoms with Crippen LogP contribution in [0.3, 0.4) is 0 Å². The zero-order chi connectivity index (χ0) is 12.8. The lowest BCUT2D eigenvalue weighted by atomic mass is 10.0. The summed E-state index contributed by atoms with van der Waals surface area (Å²) in [6.45, 7) is 0. The Balaban J connectivity index is 2.01. The molecule has 1 aromatic heterocycles. The van der Waals surface area contributed by atoms with E-state index in [0.717, 1.165) is 12.0 Å². The SMILES string of the molecule is COc1ncccc1C(O)CCc1ccccc1. The van der Waals surface area contributed by atoms with E-state index in [1.807, 2.05) is 30.3 Å². The zero-order valence-corrected chi connectivity index (χ0v) is 10.4. The number of ether oxygens (including phenoxy) is 1. The van der Waals surface area contributed by atoms with Gasteiger partial charge in [0.2, 0.25) is 5.88 Å². The van der Waals surface area contributed by atoms with E-state index in [1.165, 1.54) is 5.56 Å². The van der Waals surface area contributed by atoms with Gasteiger partial charge in [0.25, 0.3) is 0 Å². The van der Waals surface area contributed by atoms with Gasteiger partial charge in [-0.05, 0) is 30.5 Å². The number of aryl methyl sites for hydroxylation is 1. The van der Waals surface area contributed by atoms with E-state index < -0.39 is 6.10 Å². The van der Waals surface area contributed by atoms with Gasteiger partial charge in [0.05, 0.1) is 13.2 Å². The van der Waals surface area contributed by atoms with Gasteiger partial charge in [-0.1, -0.05) is 30.3 Å². The van der Waals surface area contributed by atoms with Crippen molar-refractivity contribution in [2.45, 2.75) is 18.9 Å². The Morgan fingerprint density at radius 3 is 2.67 bits per heavy atom. The highest BCUT2D eigenvalue weighted by molar-refractivity contribution is 5.28. The predicted molar refractivity (Wildman–Crippen MR) is 70.5 cm³/mol. The molecule has 1 N–H and O–H groups in total. The second-order valence-electron chi connectivity index (χ2n) is 4.14. The Labute approximate surface area is 107 Å². The molecule has 0 amide bonds. The molecule has 1 unspecified atom stereocenters. The van der Waals surface area contributed by atoms with Gasteiger partial charge in [-0.2, -0.15) is 0 Å². The summed E-state index contributed by atoms with van der Waals surface area (Å²) in [7, 11) is 1.57. The average molecular weight is 243 g/mol. The van der Waals surface area contributed by atoms with Crippen LogP contribution in [0.4, 0.5) is 0 Å². The van der Waals surface area contributed by atoms with Crippen molar-refractivity contribution in [2.24, 2.45) is 0 Å². The third-order valence-electron chi connectivity index (χ3n) is 2.90. The van der Waals surface area contributed by atoms with Crippen molar-refractivity contribution in [3.05, 3.63) is 59.8 Å². The van der Waals surface area contributed by atoms with Crippen LogP contribution in [0.5, 0.6) is 5.88 Å². The molecule has 18 heavy (non-hydrogen) atoms. The molecule has 0 spiro atoms. The van der Waals surface area contributed by atoms with Crippen LogP contribution in [0.15, 0.2) is 48.7 Å². The highest BCUT2D eigenvalue weighted by Crippen LogP contribution is 2.25. The molecule has 0 aliphatic rings. The fourth-order valence-corrected chi connectivity index (χ4v) is 1.93. The van der Waals surface area contributed by atoms with E-state index in [-0.39, 0.29) is 0 Å². The Kier molecular flexibility index (Phi) is 4.31. The summed E-state index contributed by atoms with van der Waals surface area (Å²) < 4.78 is 5.15. The first kappa shape index (κ1) is 12.6. The Hall–Kier alpha value is -1.87. The summed E-state index contributed by atoms with van der Waals surface area (Å²) in [5.41, 5.74) is 1.97. The van der Waals surface area contributed by atoms with Crippen molar-refractivity contribution in [1.29, 1.82) is 0 Å². The van der Waals surface area contributed by atoms with Crippen LogP contribution in [-0.2, 0) is 6.42 Å². The van der Waals surface area contributed by atoms with Gasteiger partial charge in [0, 0.05) is 11.8 Å². The second-order valence-corrected chi connectivity index (χ2v) is 4.14. The molecule has 1 aromatic carbocycles. The third kappa shape index (κ3) is 3.08. The molecule has 1 heterocycles. The normalized spacial score (nSPS) is 12.1. The van der Waals surface area contributed by atoms with Crippen molar-refractivity contribution in [1.82, 2.24) is 4.98 Å². The zero-order valence-electron chi connectivity index (χ0n) is 10.4. The second kappa shape index (κ2) is 6.17. The Morgan fingerprint density at radius 2 is 1.94 bits per heavy atom. The number of benzene rings is 1. The van der Waals surface area contributed by atoms with Crippen molar-refractivity contribution in [2.75, 3.05) is 7.11 Å². The maximum absolute atomic E-state index is 10.2. The summed E-state index contributed by atoms with van der Waals surface area (Å²) in [5, 5.41) is 10.2.